The molecule has 2 aliphatic rings. The molecule has 2 atom stereocenters. The summed E-state index contributed by atoms with van der Waals surface area (Å²) in [5.41, 5.74) is 2.48. The van der Waals surface area contributed by atoms with Crippen LogP contribution in [0.15, 0.2) is 23.8 Å². The highest BCUT2D eigenvalue weighted by Crippen LogP contribution is 2.46. The predicted molar refractivity (Wildman–Crippen MR) is 70.6 cm³/mol. The first-order valence-corrected chi connectivity index (χ1v) is 6.56. The van der Waals surface area contributed by atoms with Gasteiger partial charge in [0.15, 0.2) is 0 Å². The Morgan fingerprint density at radius 3 is 2.82 bits per heavy atom. The molecule has 2 heterocycles. The predicted octanol–water partition coefficient (Wildman–Crippen LogP) is 3.30. The summed E-state index contributed by atoms with van der Waals surface area (Å²) in [6.07, 6.45) is 6.60. The Bertz CT molecular complexity index is 378. The van der Waals surface area contributed by atoms with Crippen molar-refractivity contribution >= 4 is 5.91 Å². The number of carbonyl (C=O) groups is 1. The van der Waals surface area contributed by atoms with Gasteiger partial charge in [0, 0.05) is 12.1 Å². The van der Waals surface area contributed by atoms with Crippen molar-refractivity contribution in [3.8, 4) is 0 Å². The van der Waals surface area contributed by atoms with Crippen molar-refractivity contribution in [3.05, 3.63) is 23.8 Å². The normalized spacial score (nSPS) is 31.6. The number of amides is 1. The summed E-state index contributed by atoms with van der Waals surface area (Å²) in [6, 6.07) is 0. The molecule has 2 rings (SSSR count). The number of fused-ring (bicyclic) bond motifs is 1. The largest absolute Gasteiger partial charge is 0.336 e. The molecule has 0 spiro atoms. The minimum Gasteiger partial charge on any atom is -0.336 e. The van der Waals surface area contributed by atoms with Crippen LogP contribution < -0.4 is 0 Å². The van der Waals surface area contributed by atoms with Crippen molar-refractivity contribution in [2.45, 2.75) is 52.0 Å². The maximum atomic E-state index is 12.3. The highest BCUT2D eigenvalue weighted by Gasteiger charge is 2.52. The van der Waals surface area contributed by atoms with Crippen molar-refractivity contribution in [2.75, 3.05) is 6.54 Å². The van der Waals surface area contributed by atoms with E-state index in [0.29, 0.717) is 5.91 Å². The maximum Gasteiger partial charge on any atom is 0.230 e. The molecule has 94 valence electrons. The van der Waals surface area contributed by atoms with Crippen LogP contribution in [0.1, 0.15) is 46.5 Å². The molecule has 2 fully saturated rings. The Balaban J connectivity index is 2.23. The number of carbonyl (C=O) groups excluding carboxylic acids is 1. The Labute approximate surface area is 104 Å². The summed E-state index contributed by atoms with van der Waals surface area (Å²) in [5.74, 6) is 0.387. The topological polar surface area (TPSA) is 20.3 Å². The molecule has 0 aromatic rings. The van der Waals surface area contributed by atoms with E-state index >= 15 is 0 Å². The van der Waals surface area contributed by atoms with Crippen LogP contribution in [-0.2, 0) is 4.79 Å². The van der Waals surface area contributed by atoms with Gasteiger partial charge in [-0.25, -0.2) is 0 Å². The maximum absolute atomic E-state index is 12.3. The van der Waals surface area contributed by atoms with E-state index in [4.69, 9.17) is 0 Å². The highest BCUT2D eigenvalue weighted by molar-refractivity contribution is 5.85. The lowest BCUT2D eigenvalue weighted by Gasteiger charge is -2.31. The van der Waals surface area contributed by atoms with E-state index in [1.165, 1.54) is 5.57 Å². The van der Waals surface area contributed by atoms with Crippen LogP contribution in [0.5, 0.6) is 0 Å². The minimum absolute atomic E-state index is 0.0702. The first-order chi connectivity index (χ1) is 7.96. The van der Waals surface area contributed by atoms with Gasteiger partial charge in [-0.1, -0.05) is 23.8 Å². The molecular weight excluding hydrogens is 210 g/mol. The van der Waals surface area contributed by atoms with E-state index in [2.05, 4.69) is 31.4 Å². The third-order valence-corrected chi connectivity index (χ3v) is 4.23. The van der Waals surface area contributed by atoms with Crippen molar-refractivity contribution in [1.29, 1.82) is 0 Å². The average molecular weight is 233 g/mol. The van der Waals surface area contributed by atoms with Crippen molar-refractivity contribution in [1.82, 2.24) is 4.90 Å². The zero-order chi connectivity index (χ0) is 12.6. The molecule has 0 radical (unpaired) electrons. The van der Waals surface area contributed by atoms with E-state index in [9.17, 15) is 4.79 Å². The Hall–Kier alpha value is -1.05. The lowest BCUT2D eigenvalue weighted by atomic mass is 9.84. The molecule has 0 N–H and O–H groups in total. The van der Waals surface area contributed by atoms with Crippen molar-refractivity contribution < 1.29 is 4.79 Å². The van der Waals surface area contributed by atoms with Crippen LogP contribution in [0.25, 0.3) is 0 Å². The minimum atomic E-state index is 0.0702. The van der Waals surface area contributed by atoms with Gasteiger partial charge >= 0.3 is 0 Å². The molecule has 2 heteroatoms. The van der Waals surface area contributed by atoms with Gasteiger partial charge in [0.1, 0.15) is 0 Å². The van der Waals surface area contributed by atoms with Gasteiger partial charge in [-0.3, -0.25) is 4.79 Å². The number of nitrogens with zero attached hydrogens (tertiary/aromatic N) is 1. The molecule has 0 bridgehead atoms. The number of rotatable bonds is 3. The quantitative estimate of drug-likeness (QED) is 0.685. The molecule has 2 saturated heterocycles. The van der Waals surface area contributed by atoms with Crippen molar-refractivity contribution in [3.63, 3.8) is 0 Å². The van der Waals surface area contributed by atoms with Crippen LogP contribution in [-0.4, -0.2) is 22.9 Å². The van der Waals surface area contributed by atoms with Crippen LogP contribution >= 0.6 is 0 Å². The fraction of sp³-hybridized carbons (Fsp3) is 0.667. The van der Waals surface area contributed by atoms with E-state index in [0.717, 1.165) is 37.8 Å². The molecule has 0 aromatic heterocycles. The van der Waals surface area contributed by atoms with E-state index in [1.807, 2.05) is 6.92 Å². The van der Waals surface area contributed by atoms with Gasteiger partial charge < -0.3 is 4.90 Å². The van der Waals surface area contributed by atoms with E-state index < -0.39 is 0 Å². The fourth-order valence-electron chi connectivity index (χ4n) is 3.22. The SMILES string of the molecule is C=C(C)C1CC2(CC=C(C)C)CCCN2C1=O. The second kappa shape index (κ2) is 4.32. The second-order valence-corrected chi connectivity index (χ2v) is 5.91. The number of hydrogen-bond acceptors (Lipinski definition) is 1. The second-order valence-electron chi connectivity index (χ2n) is 5.91. The van der Waals surface area contributed by atoms with Gasteiger partial charge in [-0.15, -0.1) is 0 Å². The molecular formula is C15H23NO. The molecule has 17 heavy (non-hydrogen) atoms. The van der Waals surface area contributed by atoms with Gasteiger partial charge in [0.2, 0.25) is 5.91 Å². The lowest BCUT2D eigenvalue weighted by Crippen LogP contribution is -2.39. The first-order valence-electron chi connectivity index (χ1n) is 6.56. The molecule has 2 unspecified atom stereocenters. The summed E-state index contributed by atoms with van der Waals surface area (Å²) >= 11 is 0. The van der Waals surface area contributed by atoms with Crippen LogP contribution in [0.2, 0.25) is 0 Å². The Morgan fingerprint density at radius 1 is 1.53 bits per heavy atom. The number of allylic oxidation sites excluding steroid dienone is 1. The fourth-order valence-corrected chi connectivity index (χ4v) is 3.22. The summed E-state index contributed by atoms with van der Waals surface area (Å²) in [6.45, 7) is 11.2. The molecule has 0 aromatic carbocycles. The highest BCUT2D eigenvalue weighted by atomic mass is 16.2. The summed E-state index contributed by atoms with van der Waals surface area (Å²) in [4.78, 5) is 14.5. The standard InChI is InChI=1S/C15H23NO/c1-11(2)6-8-15-7-5-9-16(15)14(17)13(10-15)12(3)4/h6,13H,3,5,7-10H2,1-2,4H3. The summed E-state index contributed by atoms with van der Waals surface area (Å²) in [7, 11) is 0. The molecule has 1 amide bonds. The third-order valence-electron chi connectivity index (χ3n) is 4.23. The van der Waals surface area contributed by atoms with E-state index in [-0.39, 0.29) is 11.5 Å². The Kier molecular flexibility index (Phi) is 3.15. The van der Waals surface area contributed by atoms with Crippen LogP contribution in [0.3, 0.4) is 0 Å². The third kappa shape index (κ3) is 2.05. The smallest absolute Gasteiger partial charge is 0.230 e. The van der Waals surface area contributed by atoms with Gasteiger partial charge in [-0.05, 0) is 46.5 Å². The number of hydrogen-bond donors (Lipinski definition) is 0. The molecule has 0 aliphatic carbocycles. The van der Waals surface area contributed by atoms with Crippen molar-refractivity contribution in [2.24, 2.45) is 5.92 Å². The monoisotopic (exact) mass is 233 g/mol. The van der Waals surface area contributed by atoms with Gasteiger partial charge in [-0.2, -0.15) is 0 Å². The van der Waals surface area contributed by atoms with Gasteiger partial charge in [0.25, 0.3) is 0 Å². The summed E-state index contributed by atoms with van der Waals surface area (Å²) in [5, 5.41) is 0. The zero-order valence-corrected chi connectivity index (χ0v) is 11.3. The van der Waals surface area contributed by atoms with Crippen LogP contribution in [0.4, 0.5) is 0 Å². The van der Waals surface area contributed by atoms with Crippen LogP contribution in [0, 0.1) is 5.92 Å². The lowest BCUT2D eigenvalue weighted by molar-refractivity contribution is -0.131. The average Bonchev–Trinajstić information content (AvgIpc) is 2.75. The first kappa shape index (κ1) is 12.4. The van der Waals surface area contributed by atoms with E-state index in [1.54, 1.807) is 0 Å². The molecule has 2 aliphatic heterocycles. The zero-order valence-electron chi connectivity index (χ0n) is 11.3. The summed E-state index contributed by atoms with van der Waals surface area (Å²) < 4.78 is 0. The molecule has 0 saturated carbocycles. The van der Waals surface area contributed by atoms with Gasteiger partial charge in [0.05, 0.1) is 5.92 Å². The Morgan fingerprint density at radius 2 is 2.24 bits per heavy atom. The molecule has 2 nitrogen and oxygen atoms in total.